The molecule has 1 aliphatic heterocycles. The van der Waals surface area contributed by atoms with Crippen molar-refractivity contribution in [2.24, 2.45) is 0 Å². The monoisotopic (exact) mass is 438 g/mol. The van der Waals surface area contributed by atoms with E-state index in [-0.39, 0.29) is 16.8 Å². The molecule has 1 atom stereocenters. The molecular weight excluding hydrogens is 419 g/mol. The van der Waals surface area contributed by atoms with E-state index in [1.807, 2.05) is 67.6 Å². The molecule has 0 radical (unpaired) electrons. The second-order valence-electron chi connectivity index (χ2n) is 8.17. The number of phenols is 2. The van der Waals surface area contributed by atoms with Gasteiger partial charge in [0, 0.05) is 16.3 Å². The lowest BCUT2D eigenvalue weighted by molar-refractivity contribution is 0.467. The van der Waals surface area contributed by atoms with Crippen LogP contribution in [-0.4, -0.2) is 10.2 Å². The van der Waals surface area contributed by atoms with E-state index in [0.717, 1.165) is 27.5 Å². The lowest BCUT2D eigenvalue weighted by atomic mass is 10.0. The Morgan fingerprint density at radius 1 is 0.719 bits per heavy atom. The summed E-state index contributed by atoms with van der Waals surface area (Å²) < 4.78 is 20.6. The summed E-state index contributed by atoms with van der Waals surface area (Å²) in [6.07, 6.45) is 0. The number of hydrogen-bond acceptors (Lipinski definition) is 4. The third kappa shape index (κ3) is 2.60. The number of phenolic OH excluding ortho intramolecular Hbond substituents is 2. The van der Waals surface area contributed by atoms with Gasteiger partial charge >= 0.3 is 7.37 Å². The molecule has 5 aromatic rings. The predicted molar refractivity (Wildman–Crippen MR) is 129 cm³/mol. The van der Waals surface area contributed by atoms with Crippen molar-refractivity contribution in [3.8, 4) is 28.4 Å². The zero-order valence-corrected chi connectivity index (χ0v) is 18.1. The van der Waals surface area contributed by atoms with Crippen molar-refractivity contribution in [1.82, 2.24) is 0 Å². The predicted octanol–water partition coefficient (Wildman–Crippen LogP) is 6.00. The van der Waals surface area contributed by atoms with Gasteiger partial charge in [0.1, 0.15) is 17.2 Å². The molecule has 0 aliphatic carbocycles. The number of para-hydroxylation sites is 1. The summed E-state index contributed by atoms with van der Waals surface area (Å²) in [7, 11) is -3.74. The van der Waals surface area contributed by atoms with Gasteiger partial charge in [-0.1, -0.05) is 60.2 Å². The van der Waals surface area contributed by atoms with Crippen molar-refractivity contribution in [3.05, 3.63) is 90.5 Å². The average Bonchev–Trinajstić information content (AvgIpc) is 2.80. The van der Waals surface area contributed by atoms with Crippen LogP contribution in [0.5, 0.6) is 17.2 Å². The highest BCUT2D eigenvalue weighted by Crippen LogP contribution is 2.56. The molecule has 0 saturated carbocycles. The molecular formula is C27H19O4P. The zero-order chi connectivity index (χ0) is 22.0. The normalized spacial score (nSPS) is 17.0. The van der Waals surface area contributed by atoms with E-state index < -0.39 is 7.37 Å². The van der Waals surface area contributed by atoms with Crippen molar-refractivity contribution >= 4 is 39.5 Å². The van der Waals surface area contributed by atoms with E-state index >= 15 is 0 Å². The molecule has 0 fully saturated rings. The van der Waals surface area contributed by atoms with Crippen LogP contribution in [0.15, 0.2) is 84.9 Å². The SMILES string of the molecule is Cc1ccc2cc3c(O)cc(P4(=O)Oc5ccccc5-c5ccccc54)c(O)c3cc2c1. The third-order valence-corrected chi connectivity index (χ3v) is 8.58. The van der Waals surface area contributed by atoms with Crippen LogP contribution in [0, 0.1) is 6.92 Å². The highest BCUT2D eigenvalue weighted by molar-refractivity contribution is 7.75. The van der Waals surface area contributed by atoms with Crippen LogP contribution in [0.4, 0.5) is 0 Å². The molecule has 156 valence electrons. The van der Waals surface area contributed by atoms with Gasteiger partial charge in [-0.25, -0.2) is 0 Å². The van der Waals surface area contributed by atoms with Crippen LogP contribution >= 0.6 is 7.37 Å². The fourth-order valence-corrected chi connectivity index (χ4v) is 6.93. The van der Waals surface area contributed by atoms with Gasteiger partial charge in [0.05, 0.1) is 10.6 Å². The standard InChI is InChI=1S/C27H19O4P/c1-16-10-11-17-13-21-22(14-18(17)12-16)27(29)26(15-23(21)28)32(30)25-9-5-3-7-20(25)19-6-2-4-8-24(19)31-32/h2-15,28-29H,1H3. The van der Waals surface area contributed by atoms with Crippen LogP contribution in [-0.2, 0) is 4.57 Å². The van der Waals surface area contributed by atoms with Crippen LogP contribution < -0.4 is 15.1 Å². The van der Waals surface area contributed by atoms with Crippen molar-refractivity contribution in [2.45, 2.75) is 6.92 Å². The molecule has 6 rings (SSSR count). The second kappa shape index (κ2) is 6.62. The van der Waals surface area contributed by atoms with E-state index in [1.165, 1.54) is 6.07 Å². The van der Waals surface area contributed by atoms with Crippen molar-refractivity contribution in [3.63, 3.8) is 0 Å². The van der Waals surface area contributed by atoms with Gasteiger partial charge in [-0.15, -0.1) is 0 Å². The van der Waals surface area contributed by atoms with Gasteiger partial charge in [0.25, 0.3) is 0 Å². The Morgan fingerprint density at radius 3 is 2.28 bits per heavy atom. The lowest BCUT2D eigenvalue weighted by Crippen LogP contribution is -2.25. The largest absolute Gasteiger partial charge is 0.507 e. The topological polar surface area (TPSA) is 66.8 Å². The number of aromatic hydroxyl groups is 2. The average molecular weight is 438 g/mol. The first-order chi connectivity index (χ1) is 15.5. The van der Waals surface area contributed by atoms with Crippen LogP contribution in [0.25, 0.3) is 32.7 Å². The van der Waals surface area contributed by atoms with Gasteiger partial charge < -0.3 is 14.7 Å². The second-order valence-corrected chi connectivity index (χ2v) is 10.4. The summed E-state index contributed by atoms with van der Waals surface area (Å²) >= 11 is 0. The maximum Gasteiger partial charge on any atom is 0.311 e. The molecule has 0 bridgehead atoms. The van der Waals surface area contributed by atoms with Gasteiger partial charge in [0.2, 0.25) is 0 Å². The molecule has 32 heavy (non-hydrogen) atoms. The first-order valence-electron chi connectivity index (χ1n) is 10.3. The Bertz CT molecular complexity index is 1620. The third-order valence-electron chi connectivity index (χ3n) is 6.12. The molecule has 4 nitrogen and oxygen atoms in total. The van der Waals surface area contributed by atoms with E-state index in [4.69, 9.17) is 4.52 Å². The minimum Gasteiger partial charge on any atom is -0.507 e. The Labute approximate surface area is 184 Å². The maximum absolute atomic E-state index is 14.5. The van der Waals surface area contributed by atoms with Gasteiger partial charge in [-0.2, -0.15) is 0 Å². The molecule has 1 aliphatic rings. The quantitative estimate of drug-likeness (QED) is 0.191. The number of benzene rings is 5. The lowest BCUT2D eigenvalue weighted by Gasteiger charge is -2.29. The first kappa shape index (κ1) is 19.0. The van der Waals surface area contributed by atoms with Crippen molar-refractivity contribution in [1.29, 1.82) is 0 Å². The molecule has 0 aromatic heterocycles. The summed E-state index contributed by atoms with van der Waals surface area (Å²) in [4.78, 5) is 0. The van der Waals surface area contributed by atoms with Crippen LogP contribution in [0.1, 0.15) is 5.56 Å². The van der Waals surface area contributed by atoms with Gasteiger partial charge in [-0.05, 0) is 53.6 Å². The summed E-state index contributed by atoms with van der Waals surface area (Å²) in [6, 6.07) is 25.8. The van der Waals surface area contributed by atoms with Crippen molar-refractivity contribution < 1.29 is 19.3 Å². The van der Waals surface area contributed by atoms with Crippen LogP contribution in [0.3, 0.4) is 0 Å². The minimum atomic E-state index is -3.74. The zero-order valence-electron chi connectivity index (χ0n) is 17.2. The highest BCUT2D eigenvalue weighted by Gasteiger charge is 2.40. The molecule has 1 heterocycles. The summed E-state index contributed by atoms with van der Waals surface area (Å²) in [5.74, 6) is 0.298. The Kier molecular flexibility index (Phi) is 3.93. The van der Waals surface area contributed by atoms with Gasteiger partial charge in [0.15, 0.2) is 0 Å². The molecule has 2 N–H and O–H groups in total. The molecule has 0 spiro atoms. The number of aryl methyl sites for hydroxylation is 1. The molecule has 1 unspecified atom stereocenters. The van der Waals surface area contributed by atoms with E-state index in [0.29, 0.717) is 21.8 Å². The molecule has 5 aromatic carbocycles. The molecule has 0 amide bonds. The van der Waals surface area contributed by atoms with E-state index in [9.17, 15) is 14.8 Å². The fourth-order valence-electron chi connectivity index (χ4n) is 4.56. The van der Waals surface area contributed by atoms with Crippen molar-refractivity contribution in [2.75, 3.05) is 0 Å². The van der Waals surface area contributed by atoms with E-state index in [1.54, 1.807) is 18.2 Å². The smallest absolute Gasteiger partial charge is 0.311 e. The number of rotatable bonds is 1. The van der Waals surface area contributed by atoms with Crippen LogP contribution in [0.2, 0.25) is 0 Å². The summed E-state index contributed by atoms with van der Waals surface area (Å²) in [5.41, 5.74) is 2.73. The van der Waals surface area contributed by atoms with Gasteiger partial charge in [-0.3, -0.25) is 4.57 Å². The Morgan fingerprint density at radius 2 is 1.44 bits per heavy atom. The Balaban J connectivity index is 1.67. The first-order valence-corrected chi connectivity index (χ1v) is 12.0. The molecule has 5 heteroatoms. The maximum atomic E-state index is 14.5. The number of hydrogen-bond donors (Lipinski definition) is 2. The summed E-state index contributed by atoms with van der Waals surface area (Å²) in [6.45, 7) is 2.00. The van der Waals surface area contributed by atoms with E-state index in [2.05, 4.69) is 0 Å². The molecule has 0 saturated heterocycles. The Hall–Kier alpha value is -3.75. The minimum absolute atomic E-state index is 0.0505. The highest BCUT2D eigenvalue weighted by atomic mass is 31.2. The number of fused-ring (bicyclic) bond motifs is 5. The fraction of sp³-hybridized carbons (Fsp3) is 0.0370. The summed E-state index contributed by atoms with van der Waals surface area (Å²) in [5, 5.41) is 25.6.